The molecule has 0 spiro atoms. The highest BCUT2D eigenvalue weighted by atomic mass is 19.2. The molecular weight excluding hydrogens is 359 g/mol. The minimum Gasteiger partial charge on any atom is -0.346 e. The first-order chi connectivity index (χ1) is 12.8. The van der Waals surface area contributed by atoms with Crippen LogP contribution in [0.3, 0.4) is 0 Å². The first-order valence-electron chi connectivity index (χ1n) is 8.21. The third-order valence-corrected chi connectivity index (χ3v) is 3.87. The molecular formula is C19H20F3N3O2. The predicted molar refractivity (Wildman–Crippen MR) is 95.5 cm³/mol. The number of benzene rings is 2. The van der Waals surface area contributed by atoms with E-state index < -0.39 is 41.5 Å². The van der Waals surface area contributed by atoms with Gasteiger partial charge in [0.05, 0.1) is 18.8 Å². The fourth-order valence-corrected chi connectivity index (χ4v) is 2.43. The van der Waals surface area contributed by atoms with Gasteiger partial charge in [-0.15, -0.1) is 0 Å². The van der Waals surface area contributed by atoms with Gasteiger partial charge in [0.25, 0.3) is 0 Å². The van der Waals surface area contributed by atoms with Gasteiger partial charge in [0, 0.05) is 6.54 Å². The number of nitrogens with zero attached hydrogens (tertiary/aromatic N) is 1. The van der Waals surface area contributed by atoms with Crippen LogP contribution in [0, 0.1) is 24.4 Å². The molecule has 0 aromatic heterocycles. The first kappa shape index (κ1) is 20.4. The van der Waals surface area contributed by atoms with E-state index in [1.807, 2.05) is 31.2 Å². The lowest BCUT2D eigenvalue weighted by molar-refractivity contribution is -0.124. The number of nitrogens with one attached hydrogen (secondary N) is 2. The van der Waals surface area contributed by atoms with Crippen LogP contribution in [0.5, 0.6) is 0 Å². The molecule has 2 amide bonds. The SMILES string of the molecule is Cc1ccccc1CN(C)CC(=O)NCC(=O)Nc1ccc(F)c(F)c1F. The van der Waals surface area contributed by atoms with E-state index in [4.69, 9.17) is 0 Å². The summed E-state index contributed by atoms with van der Waals surface area (Å²) < 4.78 is 39.5. The molecule has 0 saturated carbocycles. The van der Waals surface area contributed by atoms with E-state index in [0.717, 1.165) is 17.2 Å². The Hall–Kier alpha value is -2.87. The zero-order chi connectivity index (χ0) is 20.0. The number of carbonyl (C=O) groups is 2. The van der Waals surface area contributed by atoms with E-state index in [9.17, 15) is 22.8 Å². The normalized spacial score (nSPS) is 10.7. The van der Waals surface area contributed by atoms with Crippen molar-refractivity contribution >= 4 is 17.5 Å². The number of hydrogen-bond donors (Lipinski definition) is 2. The molecule has 2 aromatic rings. The molecule has 0 unspecified atom stereocenters. The van der Waals surface area contributed by atoms with Crippen LogP contribution in [0.15, 0.2) is 36.4 Å². The predicted octanol–water partition coefficient (Wildman–Crippen LogP) is 2.60. The van der Waals surface area contributed by atoms with Crippen molar-refractivity contribution in [3.63, 3.8) is 0 Å². The van der Waals surface area contributed by atoms with Crippen LogP contribution in [0.4, 0.5) is 18.9 Å². The molecule has 0 radical (unpaired) electrons. The van der Waals surface area contributed by atoms with Crippen molar-refractivity contribution in [3.05, 3.63) is 65.0 Å². The van der Waals surface area contributed by atoms with E-state index >= 15 is 0 Å². The van der Waals surface area contributed by atoms with Crippen molar-refractivity contribution in [1.29, 1.82) is 0 Å². The maximum atomic E-state index is 13.5. The van der Waals surface area contributed by atoms with Gasteiger partial charge >= 0.3 is 0 Å². The summed E-state index contributed by atoms with van der Waals surface area (Å²) in [6, 6.07) is 9.40. The van der Waals surface area contributed by atoms with E-state index in [1.165, 1.54) is 0 Å². The molecule has 0 fully saturated rings. The van der Waals surface area contributed by atoms with Gasteiger partial charge in [-0.2, -0.15) is 0 Å². The van der Waals surface area contributed by atoms with Gasteiger partial charge in [0.2, 0.25) is 11.8 Å². The second-order valence-corrected chi connectivity index (χ2v) is 6.15. The lowest BCUT2D eigenvalue weighted by atomic mass is 10.1. The molecule has 2 rings (SSSR count). The van der Waals surface area contributed by atoms with Crippen molar-refractivity contribution in [1.82, 2.24) is 10.2 Å². The third-order valence-electron chi connectivity index (χ3n) is 3.87. The Bertz CT molecular complexity index is 843. The molecule has 0 aliphatic rings. The van der Waals surface area contributed by atoms with Crippen LogP contribution in [-0.2, 0) is 16.1 Å². The van der Waals surface area contributed by atoms with Crippen molar-refractivity contribution < 1.29 is 22.8 Å². The second kappa shape index (κ2) is 9.18. The lowest BCUT2D eigenvalue weighted by Crippen LogP contribution is -2.39. The number of anilines is 1. The topological polar surface area (TPSA) is 61.4 Å². The van der Waals surface area contributed by atoms with Gasteiger partial charge in [-0.1, -0.05) is 24.3 Å². The van der Waals surface area contributed by atoms with Crippen molar-refractivity contribution in [2.45, 2.75) is 13.5 Å². The first-order valence-corrected chi connectivity index (χ1v) is 8.21. The summed E-state index contributed by atoms with van der Waals surface area (Å²) in [5.41, 5.74) is 1.70. The van der Waals surface area contributed by atoms with Crippen LogP contribution in [0.25, 0.3) is 0 Å². The molecule has 8 heteroatoms. The monoisotopic (exact) mass is 379 g/mol. The average Bonchev–Trinajstić information content (AvgIpc) is 2.62. The third kappa shape index (κ3) is 5.82. The van der Waals surface area contributed by atoms with Gasteiger partial charge in [-0.3, -0.25) is 14.5 Å². The summed E-state index contributed by atoms with van der Waals surface area (Å²) in [5, 5.41) is 4.48. The highest BCUT2D eigenvalue weighted by molar-refractivity contribution is 5.94. The Morgan fingerprint density at radius 1 is 1.00 bits per heavy atom. The molecule has 27 heavy (non-hydrogen) atoms. The minimum atomic E-state index is -1.67. The number of halogens is 3. The maximum Gasteiger partial charge on any atom is 0.243 e. The quantitative estimate of drug-likeness (QED) is 0.727. The Morgan fingerprint density at radius 2 is 1.70 bits per heavy atom. The summed E-state index contributed by atoms with van der Waals surface area (Å²) in [7, 11) is 1.77. The minimum absolute atomic E-state index is 0.0567. The summed E-state index contributed by atoms with van der Waals surface area (Å²) >= 11 is 0. The van der Waals surface area contributed by atoms with Crippen molar-refractivity contribution in [2.75, 3.05) is 25.5 Å². The molecule has 0 atom stereocenters. The molecule has 0 bridgehead atoms. The van der Waals surface area contributed by atoms with Gasteiger partial charge in [-0.25, -0.2) is 13.2 Å². The number of carbonyl (C=O) groups excluding carboxylic acids is 2. The number of hydrogen-bond acceptors (Lipinski definition) is 3. The van der Waals surface area contributed by atoms with Gasteiger partial charge in [0.15, 0.2) is 17.5 Å². The highest BCUT2D eigenvalue weighted by Gasteiger charge is 2.16. The lowest BCUT2D eigenvalue weighted by Gasteiger charge is -2.17. The van der Waals surface area contributed by atoms with Crippen LogP contribution < -0.4 is 10.6 Å². The Balaban J connectivity index is 1.80. The zero-order valence-corrected chi connectivity index (χ0v) is 15.0. The number of likely N-dealkylation sites (N-methyl/N-ethyl adjacent to an activating group) is 1. The standard InChI is InChI=1S/C19H20F3N3O2/c1-12-5-3-4-6-13(12)10-25(2)11-17(27)23-9-16(26)24-15-8-7-14(20)18(21)19(15)22/h3-8H,9-11H2,1-2H3,(H,23,27)(H,24,26). The molecule has 2 N–H and O–H groups in total. The van der Waals surface area contributed by atoms with Gasteiger partial charge in [0.1, 0.15) is 0 Å². The number of amides is 2. The van der Waals surface area contributed by atoms with E-state index in [-0.39, 0.29) is 6.54 Å². The van der Waals surface area contributed by atoms with Gasteiger partial charge in [-0.05, 0) is 37.2 Å². The molecule has 0 heterocycles. The molecule has 5 nitrogen and oxygen atoms in total. The van der Waals surface area contributed by atoms with Crippen LogP contribution >= 0.6 is 0 Å². The molecule has 0 aliphatic carbocycles. The molecule has 144 valence electrons. The van der Waals surface area contributed by atoms with Crippen molar-refractivity contribution in [3.8, 4) is 0 Å². The Kier molecular flexibility index (Phi) is 6.95. The largest absolute Gasteiger partial charge is 0.346 e. The van der Waals surface area contributed by atoms with E-state index in [2.05, 4.69) is 10.6 Å². The average molecular weight is 379 g/mol. The fraction of sp³-hybridized carbons (Fsp3) is 0.263. The molecule has 0 saturated heterocycles. The fourth-order valence-electron chi connectivity index (χ4n) is 2.43. The smallest absolute Gasteiger partial charge is 0.243 e. The van der Waals surface area contributed by atoms with Crippen LogP contribution in [0.2, 0.25) is 0 Å². The van der Waals surface area contributed by atoms with E-state index in [0.29, 0.717) is 12.6 Å². The van der Waals surface area contributed by atoms with E-state index in [1.54, 1.807) is 11.9 Å². The summed E-state index contributed by atoms with van der Waals surface area (Å²) in [5.74, 6) is -5.67. The number of aryl methyl sites for hydroxylation is 1. The summed E-state index contributed by atoms with van der Waals surface area (Å²) in [6.45, 7) is 2.17. The zero-order valence-electron chi connectivity index (χ0n) is 15.0. The highest BCUT2D eigenvalue weighted by Crippen LogP contribution is 2.19. The Morgan fingerprint density at radius 3 is 2.41 bits per heavy atom. The summed E-state index contributed by atoms with van der Waals surface area (Å²) in [6.07, 6.45) is 0. The molecule has 2 aromatic carbocycles. The maximum absolute atomic E-state index is 13.5. The Labute approximate surface area is 155 Å². The van der Waals surface area contributed by atoms with Gasteiger partial charge < -0.3 is 10.6 Å². The summed E-state index contributed by atoms with van der Waals surface area (Å²) in [4.78, 5) is 25.5. The second-order valence-electron chi connectivity index (χ2n) is 6.15. The number of rotatable bonds is 7. The molecule has 0 aliphatic heterocycles. The van der Waals surface area contributed by atoms with Crippen molar-refractivity contribution in [2.24, 2.45) is 0 Å². The van der Waals surface area contributed by atoms with Crippen LogP contribution in [0.1, 0.15) is 11.1 Å². The van der Waals surface area contributed by atoms with Crippen LogP contribution in [-0.4, -0.2) is 36.9 Å².